The van der Waals surface area contributed by atoms with Crippen molar-refractivity contribution in [3.63, 3.8) is 0 Å². The lowest BCUT2D eigenvalue weighted by atomic mass is 10.1. The minimum atomic E-state index is 0.0896. The van der Waals surface area contributed by atoms with E-state index in [9.17, 15) is 4.79 Å². The summed E-state index contributed by atoms with van der Waals surface area (Å²) < 4.78 is 5.73. The zero-order chi connectivity index (χ0) is 14.3. The Hall–Kier alpha value is -1.16. The Morgan fingerprint density at radius 3 is 2.79 bits per heavy atom. The van der Waals surface area contributed by atoms with Crippen LogP contribution in [0, 0.1) is 13.8 Å². The van der Waals surface area contributed by atoms with Crippen molar-refractivity contribution in [2.45, 2.75) is 33.7 Å². The van der Waals surface area contributed by atoms with E-state index in [2.05, 4.69) is 24.4 Å². The maximum Gasteiger partial charge on any atom is 0.230 e. The Morgan fingerprint density at radius 2 is 2.11 bits per heavy atom. The Kier molecular flexibility index (Phi) is 6.78. The number of ether oxygens (including phenoxy) is 1. The monoisotopic (exact) mass is 281 g/mol. The molecule has 0 spiro atoms. The fraction of sp³-hybridized carbons (Fsp3) is 0.533. The lowest BCUT2D eigenvalue weighted by Gasteiger charge is -2.10. The zero-order valence-electron chi connectivity index (χ0n) is 12.2. The zero-order valence-corrected chi connectivity index (χ0v) is 13.0. The average Bonchev–Trinajstić information content (AvgIpc) is 2.32. The summed E-state index contributed by atoms with van der Waals surface area (Å²) in [7, 11) is 0. The van der Waals surface area contributed by atoms with Gasteiger partial charge in [0.1, 0.15) is 5.75 Å². The number of benzene rings is 1. The second kappa shape index (κ2) is 8.10. The summed E-state index contributed by atoms with van der Waals surface area (Å²) >= 11 is 1.60. The Balaban J connectivity index is 2.20. The van der Waals surface area contributed by atoms with Crippen LogP contribution in [0.1, 0.15) is 25.0 Å². The molecule has 0 atom stereocenters. The van der Waals surface area contributed by atoms with Crippen molar-refractivity contribution in [1.82, 2.24) is 5.32 Å². The molecular formula is C15H23NO2S. The van der Waals surface area contributed by atoms with Gasteiger partial charge >= 0.3 is 0 Å². The molecule has 3 nitrogen and oxygen atoms in total. The molecule has 0 heterocycles. The van der Waals surface area contributed by atoms with E-state index < -0.39 is 0 Å². The van der Waals surface area contributed by atoms with Gasteiger partial charge in [0.25, 0.3) is 0 Å². The van der Waals surface area contributed by atoms with Crippen LogP contribution in [-0.4, -0.2) is 30.1 Å². The summed E-state index contributed by atoms with van der Waals surface area (Å²) in [6.45, 7) is 8.65. The summed E-state index contributed by atoms with van der Waals surface area (Å²) in [5, 5.41) is 2.87. The summed E-state index contributed by atoms with van der Waals surface area (Å²) in [4.78, 5) is 11.4. The number of hydrogen-bond donors (Lipinski definition) is 1. The predicted molar refractivity (Wildman–Crippen MR) is 82.0 cm³/mol. The van der Waals surface area contributed by atoms with Gasteiger partial charge in [0.05, 0.1) is 12.4 Å². The van der Waals surface area contributed by atoms with Gasteiger partial charge in [-0.2, -0.15) is 0 Å². The average molecular weight is 281 g/mol. The van der Waals surface area contributed by atoms with E-state index in [1.165, 1.54) is 5.56 Å². The first kappa shape index (κ1) is 15.9. The van der Waals surface area contributed by atoms with Crippen LogP contribution in [0.25, 0.3) is 0 Å². The third-order valence-corrected chi connectivity index (χ3v) is 3.43. The molecule has 0 aromatic heterocycles. The highest BCUT2D eigenvalue weighted by molar-refractivity contribution is 7.99. The van der Waals surface area contributed by atoms with Crippen LogP contribution in [0.15, 0.2) is 18.2 Å². The van der Waals surface area contributed by atoms with Gasteiger partial charge < -0.3 is 10.1 Å². The van der Waals surface area contributed by atoms with Gasteiger partial charge in [0.2, 0.25) is 5.91 Å². The minimum absolute atomic E-state index is 0.0896. The Labute approximate surface area is 120 Å². The molecule has 0 bridgehead atoms. The molecule has 1 aromatic rings. The maximum atomic E-state index is 11.4. The van der Waals surface area contributed by atoms with Crippen molar-refractivity contribution in [3.8, 4) is 5.75 Å². The molecule has 0 aliphatic heterocycles. The number of rotatable bonds is 7. The van der Waals surface area contributed by atoms with E-state index in [1.54, 1.807) is 11.8 Å². The maximum absolute atomic E-state index is 11.4. The second-order valence-electron chi connectivity index (χ2n) is 4.89. The van der Waals surface area contributed by atoms with Crippen molar-refractivity contribution in [2.75, 3.05) is 18.1 Å². The fourth-order valence-corrected chi connectivity index (χ4v) is 2.22. The largest absolute Gasteiger partial charge is 0.492 e. The number of amides is 1. The summed E-state index contributed by atoms with van der Waals surface area (Å²) in [5.74, 6) is 2.34. The molecule has 1 aromatic carbocycles. The lowest BCUT2D eigenvalue weighted by molar-refractivity contribution is -0.119. The number of nitrogens with one attached hydrogen (secondary N) is 1. The number of thioether (sulfide) groups is 1. The van der Waals surface area contributed by atoms with Crippen molar-refractivity contribution in [2.24, 2.45) is 0 Å². The first-order chi connectivity index (χ1) is 8.99. The molecule has 0 unspecified atom stereocenters. The second-order valence-corrected chi connectivity index (χ2v) is 6.00. The number of hydrogen-bond acceptors (Lipinski definition) is 3. The van der Waals surface area contributed by atoms with Gasteiger partial charge in [-0.3, -0.25) is 4.79 Å². The lowest BCUT2D eigenvalue weighted by Crippen LogP contribution is -2.31. The van der Waals surface area contributed by atoms with Crippen LogP contribution in [0.2, 0.25) is 0 Å². The molecule has 1 rings (SSSR count). The molecule has 0 fully saturated rings. The van der Waals surface area contributed by atoms with Gasteiger partial charge in [0.15, 0.2) is 0 Å². The minimum Gasteiger partial charge on any atom is -0.492 e. The smallest absolute Gasteiger partial charge is 0.230 e. The molecule has 1 amide bonds. The quantitative estimate of drug-likeness (QED) is 0.781. The molecule has 0 aliphatic carbocycles. The van der Waals surface area contributed by atoms with E-state index in [-0.39, 0.29) is 11.9 Å². The number of aryl methyl sites for hydroxylation is 2. The van der Waals surface area contributed by atoms with E-state index >= 15 is 0 Å². The number of carbonyl (C=O) groups excluding carboxylic acids is 1. The van der Waals surface area contributed by atoms with Crippen molar-refractivity contribution >= 4 is 17.7 Å². The normalized spacial score (nSPS) is 10.6. The molecule has 0 aliphatic rings. The van der Waals surface area contributed by atoms with Crippen molar-refractivity contribution in [3.05, 3.63) is 29.3 Å². The third-order valence-electron chi connectivity index (χ3n) is 2.51. The molecule has 4 heteroatoms. The van der Waals surface area contributed by atoms with Crippen LogP contribution < -0.4 is 10.1 Å². The summed E-state index contributed by atoms with van der Waals surface area (Å²) in [5.41, 5.74) is 2.35. The van der Waals surface area contributed by atoms with Crippen LogP contribution in [0.3, 0.4) is 0 Å². The highest BCUT2D eigenvalue weighted by Crippen LogP contribution is 2.19. The molecule has 19 heavy (non-hydrogen) atoms. The van der Waals surface area contributed by atoms with Crippen LogP contribution in [-0.2, 0) is 4.79 Å². The van der Waals surface area contributed by atoms with Crippen molar-refractivity contribution in [1.29, 1.82) is 0 Å². The van der Waals surface area contributed by atoms with Gasteiger partial charge in [-0.15, -0.1) is 11.8 Å². The van der Waals surface area contributed by atoms with E-state index in [4.69, 9.17) is 4.74 Å². The van der Waals surface area contributed by atoms with Gasteiger partial charge in [-0.05, 0) is 44.9 Å². The van der Waals surface area contributed by atoms with E-state index in [0.29, 0.717) is 12.4 Å². The number of carbonyl (C=O) groups is 1. The molecule has 0 saturated heterocycles. The summed E-state index contributed by atoms with van der Waals surface area (Å²) in [6.07, 6.45) is 0. The van der Waals surface area contributed by atoms with Crippen LogP contribution in [0.4, 0.5) is 0 Å². The third kappa shape index (κ3) is 6.53. The molecule has 0 saturated carbocycles. The van der Waals surface area contributed by atoms with Crippen molar-refractivity contribution < 1.29 is 9.53 Å². The first-order valence-corrected chi connectivity index (χ1v) is 7.71. The summed E-state index contributed by atoms with van der Waals surface area (Å²) in [6, 6.07) is 6.39. The molecule has 0 radical (unpaired) electrons. The Bertz CT molecular complexity index is 419. The topological polar surface area (TPSA) is 38.3 Å². The van der Waals surface area contributed by atoms with Crippen LogP contribution >= 0.6 is 11.8 Å². The highest BCUT2D eigenvalue weighted by Gasteiger charge is 2.03. The van der Waals surface area contributed by atoms with Gasteiger partial charge in [-0.1, -0.05) is 12.1 Å². The highest BCUT2D eigenvalue weighted by atomic mass is 32.2. The van der Waals surface area contributed by atoms with Crippen LogP contribution in [0.5, 0.6) is 5.75 Å². The molecule has 1 N–H and O–H groups in total. The van der Waals surface area contributed by atoms with Gasteiger partial charge in [-0.25, -0.2) is 0 Å². The fourth-order valence-electron chi connectivity index (χ4n) is 1.60. The van der Waals surface area contributed by atoms with Gasteiger partial charge in [0, 0.05) is 11.8 Å². The van der Waals surface area contributed by atoms with E-state index in [0.717, 1.165) is 17.1 Å². The molecular weight excluding hydrogens is 258 g/mol. The molecule has 106 valence electrons. The van der Waals surface area contributed by atoms with E-state index in [1.807, 2.05) is 26.8 Å². The first-order valence-electron chi connectivity index (χ1n) is 6.56. The predicted octanol–water partition coefficient (Wildman–Crippen LogP) is 2.94. The standard InChI is InChI=1S/C15H23NO2S/c1-11(2)16-15(17)10-19-8-7-18-14-9-12(3)5-6-13(14)4/h5-6,9,11H,7-8,10H2,1-4H3,(H,16,17). The SMILES string of the molecule is Cc1ccc(C)c(OCCSCC(=O)NC(C)C)c1. The Morgan fingerprint density at radius 1 is 1.37 bits per heavy atom.